The Bertz CT molecular complexity index is 714. The van der Waals surface area contributed by atoms with E-state index >= 15 is 0 Å². The summed E-state index contributed by atoms with van der Waals surface area (Å²) in [4.78, 5) is 4.48. The second-order valence-electron chi connectivity index (χ2n) is 3.84. The zero-order chi connectivity index (χ0) is 12.7. The Labute approximate surface area is 119 Å². The molecule has 0 saturated heterocycles. The standard InChI is InChI=1S/C13H7Cl3N2/c14-8-4-5-12-17-11(7-18(12)6-8)13-9(15)2-1-3-10(13)16/h1-7H. The molecule has 0 bridgehead atoms. The average molecular weight is 298 g/mol. The predicted octanol–water partition coefficient (Wildman–Crippen LogP) is 4.96. The number of nitrogens with zero attached hydrogens (tertiary/aromatic N) is 2. The van der Waals surface area contributed by atoms with Gasteiger partial charge in [0.05, 0.1) is 20.8 Å². The van der Waals surface area contributed by atoms with Crippen molar-refractivity contribution in [2.24, 2.45) is 0 Å². The van der Waals surface area contributed by atoms with E-state index in [0.717, 1.165) is 16.9 Å². The fourth-order valence-corrected chi connectivity index (χ4v) is 2.59. The van der Waals surface area contributed by atoms with Crippen LogP contribution in [0.25, 0.3) is 16.9 Å². The fraction of sp³-hybridized carbons (Fsp3) is 0. The van der Waals surface area contributed by atoms with Crippen LogP contribution in [-0.4, -0.2) is 9.38 Å². The third kappa shape index (κ3) is 1.97. The molecule has 0 radical (unpaired) electrons. The minimum Gasteiger partial charge on any atom is -0.305 e. The van der Waals surface area contributed by atoms with E-state index in [-0.39, 0.29) is 0 Å². The highest BCUT2D eigenvalue weighted by Gasteiger charge is 2.11. The molecule has 0 atom stereocenters. The van der Waals surface area contributed by atoms with E-state index in [1.54, 1.807) is 30.5 Å². The van der Waals surface area contributed by atoms with Crippen molar-refractivity contribution >= 4 is 40.4 Å². The van der Waals surface area contributed by atoms with Gasteiger partial charge in [-0.3, -0.25) is 0 Å². The normalized spacial score (nSPS) is 11.1. The number of aromatic nitrogens is 2. The van der Waals surface area contributed by atoms with Crippen molar-refractivity contribution in [3.8, 4) is 11.3 Å². The van der Waals surface area contributed by atoms with E-state index in [1.807, 2.05) is 16.7 Å². The number of benzene rings is 1. The van der Waals surface area contributed by atoms with E-state index in [4.69, 9.17) is 34.8 Å². The summed E-state index contributed by atoms with van der Waals surface area (Å²) in [6.07, 6.45) is 3.65. The lowest BCUT2D eigenvalue weighted by Crippen LogP contribution is -1.80. The van der Waals surface area contributed by atoms with Crippen molar-refractivity contribution in [3.63, 3.8) is 0 Å². The predicted molar refractivity (Wildman–Crippen MR) is 75.7 cm³/mol. The van der Waals surface area contributed by atoms with Gasteiger partial charge in [-0.25, -0.2) is 4.98 Å². The number of hydrogen-bond acceptors (Lipinski definition) is 1. The lowest BCUT2D eigenvalue weighted by molar-refractivity contribution is 1.19. The van der Waals surface area contributed by atoms with Gasteiger partial charge in [0.1, 0.15) is 5.65 Å². The quantitative estimate of drug-likeness (QED) is 0.620. The first kappa shape index (κ1) is 11.8. The van der Waals surface area contributed by atoms with Gasteiger partial charge in [-0.15, -0.1) is 0 Å². The van der Waals surface area contributed by atoms with E-state index in [2.05, 4.69) is 4.98 Å². The van der Waals surface area contributed by atoms with Crippen molar-refractivity contribution in [2.45, 2.75) is 0 Å². The van der Waals surface area contributed by atoms with Crippen LogP contribution in [-0.2, 0) is 0 Å². The van der Waals surface area contributed by atoms with Gasteiger partial charge in [-0.1, -0.05) is 40.9 Å². The van der Waals surface area contributed by atoms with Crippen LogP contribution in [0.1, 0.15) is 0 Å². The van der Waals surface area contributed by atoms with Gasteiger partial charge in [0.15, 0.2) is 0 Å². The van der Waals surface area contributed by atoms with Crippen LogP contribution >= 0.6 is 34.8 Å². The Kier molecular flexibility index (Phi) is 2.94. The molecule has 3 aromatic rings. The number of pyridine rings is 1. The average Bonchev–Trinajstić information content (AvgIpc) is 2.71. The molecule has 2 heterocycles. The third-order valence-corrected chi connectivity index (χ3v) is 3.49. The first-order chi connectivity index (χ1) is 8.65. The zero-order valence-electron chi connectivity index (χ0n) is 9.07. The van der Waals surface area contributed by atoms with E-state index < -0.39 is 0 Å². The maximum absolute atomic E-state index is 6.16. The molecule has 0 fully saturated rings. The number of rotatable bonds is 1. The van der Waals surface area contributed by atoms with Crippen LogP contribution in [0.5, 0.6) is 0 Å². The molecule has 0 spiro atoms. The Morgan fingerprint density at radius 1 is 0.889 bits per heavy atom. The topological polar surface area (TPSA) is 17.3 Å². The minimum atomic E-state index is 0.581. The Morgan fingerprint density at radius 3 is 2.33 bits per heavy atom. The molecule has 0 aliphatic heterocycles. The molecule has 3 rings (SSSR count). The molecule has 0 N–H and O–H groups in total. The number of fused-ring (bicyclic) bond motifs is 1. The molecule has 5 heteroatoms. The van der Waals surface area contributed by atoms with Crippen LogP contribution in [0.15, 0.2) is 42.7 Å². The molecule has 1 aromatic carbocycles. The van der Waals surface area contributed by atoms with E-state index in [9.17, 15) is 0 Å². The summed E-state index contributed by atoms with van der Waals surface area (Å²) in [5, 5.41) is 1.81. The summed E-state index contributed by atoms with van der Waals surface area (Å²) in [5.74, 6) is 0. The van der Waals surface area contributed by atoms with E-state index in [1.165, 1.54) is 0 Å². The third-order valence-electron chi connectivity index (χ3n) is 2.63. The molecular formula is C13H7Cl3N2. The fourth-order valence-electron chi connectivity index (χ4n) is 1.83. The molecule has 2 aromatic heterocycles. The van der Waals surface area contributed by atoms with Crippen LogP contribution in [0.3, 0.4) is 0 Å². The summed E-state index contributed by atoms with van der Waals surface area (Å²) in [7, 11) is 0. The van der Waals surface area contributed by atoms with Gasteiger partial charge in [0, 0.05) is 18.0 Å². The van der Waals surface area contributed by atoms with Crippen molar-refractivity contribution in [3.05, 3.63) is 57.8 Å². The molecule has 0 saturated carbocycles. The van der Waals surface area contributed by atoms with Gasteiger partial charge in [-0.05, 0) is 24.3 Å². The van der Waals surface area contributed by atoms with Crippen molar-refractivity contribution in [1.29, 1.82) is 0 Å². The molecule has 0 amide bonds. The van der Waals surface area contributed by atoms with Crippen molar-refractivity contribution in [1.82, 2.24) is 9.38 Å². The Balaban J connectivity index is 2.26. The van der Waals surface area contributed by atoms with Gasteiger partial charge in [-0.2, -0.15) is 0 Å². The molecule has 0 unspecified atom stereocenters. The first-order valence-electron chi connectivity index (χ1n) is 5.24. The van der Waals surface area contributed by atoms with Gasteiger partial charge >= 0.3 is 0 Å². The van der Waals surface area contributed by atoms with Gasteiger partial charge < -0.3 is 4.40 Å². The SMILES string of the molecule is Clc1ccc2nc(-c3c(Cl)cccc3Cl)cn2c1. The molecule has 0 aliphatic rings. The van der Waals surface area contributed by atoms with Crippen molar-refractivity contribution in [2.75, 3.05) is 0 Å². The number of halogens is 3. The first-order valence-corrected chi connectivity index (χ1v) is 6.37. The summed E-state index contributed by atoms with van der Waals surface area (Å²) >= 11 is 18.3. The Hall–Kier alpha value is -1.22. The molecule has 0 aliphatic carbocycles. The highest BCUT2D eigenvalue weighted by atomic mass is 35.5. The number of hydrogen-bond donors (Lipinski definition) is 0. The maximum atomic E-state index is 6.16. The summed E-state index contributed by atoms with van der Waals surface area (Å²) in [6.45, 7) is 0. The summed E-state index contributed by atoms with van der Waals surface area (Å²) in [6, 6.07) is 9.03. The highest BCUT2D eigenvalue weighted by molar-refractivity contribution is 6.39. The Morgan fingerprint density at radius 2 is 1.61 bits per heavy atom. The lowest BCUT2D eigenvalue weighted by Gasteiger charge is -2.02. The molecule has 90 valence electrons. The van der Waals surface area contributed by atoms with Crippen LogP contribution in [0, 0.1) is 0 Å². The van der Waals surface area contributed by atoms with Crippen LogP contribution in [0.4, 0.5) is 0 Å². The van der Waals surface area contributed by atoms with Crippen LogP contribution in [0.2, 0.25) is 15.1 Å². The number of imidazole rings is 1. The molecular weight excluding hydrogens is 291 g/mol. The second-order valence-corrected chi connectivity index (χ2v) is 5.09. The summed E-state index contributed by atoms with van der Waals surface area (Å²) in [5.41, 5.74) is 2.26. The second kappa shape index (κ2) is 4.47. The summed E-state index contributed by atoms with van der Waals surface area (Å²) < 4.78 is 1.84. The largest absolute Gasteiger partial charge is 0.305 e. The lowest BCUT2D eigenvalue weighted by atomic mass is 10.2. The van der Waals surface area contributed by atoms with Gasteiger partial charge in [0.25, 0.3) is 0 Å². The smallest absolute Gasteiger partial charge is 0.137 e. The molecule has 2 nitrogen and oxygen atoms in total. The highest BCUT2D eigenvalue weighted by Crippen LogP contribution is 2.34. The van der Waals surface area contributed by atoms with Crippen molar-refractivity contribution < 1.29 is 0 Å². The zero-order valence-corrected chi connectivity index (χ0v) is 11.3. The monoisotopic (exact) mass is 296 g/mol. The maximum Gasteiger partial charge on any atom is 0.137 e. The minimum absolute atomic E-state index is 0.581. The van der Waals surface area contributed by atoms with E-state index in [0.29, 0.717) is 15.1 Å². The van der Waals surface area contributed by atoms with Gasteiger partial charge in [0.2, 0.25) is 0 Å². The molecule has 18 heavy (non-hydrogen) atoms. The van der Waals surface area contributed by atoms with Crippen LogP contribution < -0.4 is 0 Å².